The van der Waals surface area contributed by atoms with E-state index in [1.807, 2.05) is 24.3 Å². The highest BCUT2D eigenvalue weighted by atomic mass is 32.1. The zero-order valence-electron chi connectivity index (χ0n) is 18.7. The summed E-state index contributed by atoms with van der Waals surface area (Å²) in [6.45, 7) is 7.08. The average Bonchev–Trinajstić information content (AvgIpc) is 3.35. The number of para-hydroxylation sites is 1. The predicted molar refractivity (Wildman–Crippen MR) is 130 cm³/mol. The molecule has 1 N–H and O–H groups in total. The van der Waals surface area contributed by atoms with Crippen LogP contribution in [0.1, 0.15) is 33.8 Å². The summed E-state index contributed by atoms with van der Waals surface area (Å²) < 4.78 is 5.38. The number of amides is 1. The quantitative estimate of drug-likeness (QED) is 0.552. The normalized spacial score (nSPS) is 16.9. The number of rotatable bonds is 8. The highest BCUT2D eigenvalue weighted by molar-refractivity contribution is 7.10. The Hall–Kier alpha value is -2.67. The van der Waals surface area contributed by atoms with Crippen LogP contribution < -0.4 is 10.1 Å². The molecule has 1 saturated heterocycles. The molecule has 0 spiro atoms. The van der Waals surface area contributed by atoms with Gasteiger partial charge in [0.15, 0.2) is 0 Å². The first-order valence-electron chi connectivity index (χ1n) is 11.1. The molecule has 5 nitrogen and oxygen atoms in total. The van der Waals surface area contributed by atoms with Crippen molar-refractivity contribution in [1.82, 2.24) is 15.1 Å². The molecule has 0 radical (unpaired) electrons. The van der Waals surface area contributed by atoms with Crippen molar-refractivity contribution < 1.29 is 9.53 Å². The van der Waals surface area contributed by atoms with Crippen molar-refractivity contribution in [2.45, 2.75) is 25.6 Å². The molecule has 0 saturated carbocycles. The van der Waals surface area contributed by atoms with Crippen LogP contribution >= 0.6 is 11.3 Å². The van der Waals surface area contributed by atoms with Crippen LogP contribution in [0.15, 0.2) is 72.1 Å². The van der Waals surface area contributed by atoms with Gasteiger partial charge in [-0.1, -0.05) is 48.5 Å². The highest BCUT2D eigenvalue weighted by Crippen LogP contribution is 2.30. The second-order valence-corrected chi connectivity index (χ2v) is 9.20. The van der Waals surface area contributed by atoms with Crippen molar-refractivity contribution in [2.24, 2.45) is 0 Å². The number of nitrogens with one attached hydrogen (secondary N) is 1. The minimum Gasteiger partial charge on any atom is -0.496 e. The first kappa shape index (κ1) is 22.5. The largest absolute Gasteiger partial charge is 0.496 e. The third-order valence-corrected chi connectivity index (χ3v) is 7.01. The Morgan fingerprint density at radius 3 is 2.41 bits per heavy atom. The van der Waals surface area contributed by atoms with Crippen molar-refractivity contribution >= 4 is 17.2 Å². The zero-order valence-corrected chi connectivity index (χ0v) is 19.6. The summed E-state index contributed by atoms with van der Waals surface area (Å²) in [5.41, 5.74) is 1.92. The minimum absolute atomic E-state index is 0.0354. The van der Waals surface area contributed by atoms with E-state index < -0.39 is 0 Å². The molecular formula is C26H31N3O2S. The van der Waals surface area contributed by atoms with Crippen molar-refractivity contribution in [3.8, 4) is 5.75 Å². The molecule has 1 aliphatic rings. The second kappa shape index (κ2) is 10.8. The number of piperazine rings is 1. The number of methoxy groups -OCH3 is 1. The number of hydrogen-bond donors (Lipinski definition) is 1. The van der Waals surface area contributed by atoms with Crippen LogP contribution in [-0.4, -0.2) is 55.0 Å². The van der Waals surface area contributed by atoms with Crippen molar-refractivity contribution in [2.75, 3.05) is 33.3 Å². The van der Waals surface area contributed by atoms with Gasteiger partial charge in [-0.05, 0) is 36.1 Å². The zero-order chi connectivity index (χ0) is 22.3. The molecule has 1 fully saturated rings. The molecule has 1 aromatic heterocycles. The Labute approximate surface area is 194 Å². The van der Waals surface area contributed by atoms with E-state index in [-0.39, 0.29) is 18.0 Å². The van der Waals surface area contributed by atoms with Gasteiger partial charge < -0.3 is 10.1 Å². The van der Waals surface area contributed by atoms with Crippen LogP contribution in [0.5, 0.6) is 5.75 Å². The van der Waals surface area contributed by atoms with Crippen LogP contribution in [0.25, 0.3) is 0 Å². The van der Waals surface area contributed by atoms with Crippen molar-refractivity contribution in [3.05, 3.63) is 88.1 Å². The molecule has 1 amide bonds. The maximum atomic E-state index is 13.0. The van der Waals surface area contributed by atoms with Gasteiger partial charge in [-0.25, -0.2) is 0 Å². The van der Waals surface area contributed by atoms with Gasteiger partial charge in [0.2, 0.25) is 0 Å². The molecular weight excluding hydrogens is 418 g/mol. The molecule has 6 heteroatoms. The van der Waals surface area contributed by atoms with Gasteiger partial charge in [-0.15, -0.1) is 11.3 Å². The fraction of sp³-hybridized carbons (Fsp3) is 0.346. The highest BCUT2D eigenvalue weighted by Gasteiger charge is 2.31. The maximum absolute atomic E-state index is 13.0. The molecule has 4 rings (SSSR count). The number of carbonyl (C=O) groups excluding carboxylic acids is 1. The van der Waals surface area contributed by atoms with Gasteiger partial charge >= 0.3 is 0 Å². The van der Waals surface area contributed by atoms with Crippen molar-refractivity contribution in [3.63, 3.8) is 0 Å². The average molecular weight is 450 g/mol. The Morgan fingerprint density at radius 2 is 1.72 bits per heavy atom. The van der Waals surface area contributed by atoms with Gasteiger partial charge in [0, 0.05) is 43.6 Å². The summed E-state index contributed by atoms with van der Waals surface area (Å²) in [4.78, 5) is 19.3. The number of nitrogens with zero attached hydrogens (tertiary/aromatic N) is 2. The van der Waals surface area contributed by atoms with E-state index in [2.05, 4.69) is 69.9 Å². The standard InChI is InChI=1S/C26H31N3O2S/c1-20(27-26(30)22-11-6-7-12-23(22)31-2)25(24-13-8-18-32-24)29-16-14-28(15-17-29)19-21-9-4-3-5-10-21/h3-13,18,20,25H,14-17,19H2,1-2H3,(H,27,30). The summed E-state index contributed by atoms with van der Waals surface area (Å²) in [6.07, 6.45) is 0. The lowest BCUT2D eigenvalue weighted by Gasteiger charge is -2.41. The summed E-state index contributed by atoms with van der Waals surface area (Å²) >= 11 is 1.76. The van der Waals surface area contributed by atoms with Gasteiger partial charge in [0.05, 0.1) is 18.7 Å². The van der Waals surface area contributed by atoms with E-state index in [9.17, 15) is 4.79 Å². The Kier molecular flexibility index (Phi) is 7.58. The minimum atomic E-state index is -0.0979. The monoisotopic (exact) mass is 449 g/mol. The number of benzene rings is 2. The fourth-order valence-corrected chi connectivity index (χ4v) is 5.40. The lowest BCUT2D eigenvalue weighted by Crippen LogP contribution is -2.52. The summed E-state index contributed by atoms with van der Waals surface area (Å²) in [5, 5.41) is 5.35. The number of thiophene rings is 1. The lowest BCUT2D eigenvalue weighted by molar-refractivity contribution is 0.0713. The molecule has 3 aromatic rings. The summed E-state index contributed by atoms with van der Waals surface area (Å²) in [5.74, 6) is 0.499. The van der Waals surface area contributed by atoms with Crippen LogP contribution in [0.3, 0.4) is 0 Å². The Bertz CT molecular complexity index is 985. The first-order chi connectivity index (χ1) is 15.7. The van der Waals surface area contributed by atoms with Crippen molar-refractivity contribution in [1.29, 1.82) is 0 Å². The van der Waals surface area contributed by atoms with Gasteiger partial charge in [-0.3, -0.25) is 14.6 Å². The second-order valence-electron chi connectivity index (χ2n) is 8.22. The van der Waals surface area contributed by atoms with Gasteiger partial charge in [0.1, 0.15) is 5.75 Å². The molecule has 168 valence electrons. The SMILES string of the molecule is COc1ccccc1C(=O)NC(C)C(c1cccs1)N1CCN(Cc2ccccc2)CC1. The number of carbonyl (C=O) groups is 1. The number of ether oxygens (including phenoxy) is 1. The van der Waals surface area contributed by atoms with E-state index in [4.69, 9.17) is 4.74 Å². The number of hydrogen-bond acceptors (Lipinski definition) is 5. The van der Waals surface area contributed by atoms with E-state index >= 15 is 0 Å². The van der Waals surface area contributed by atoms with E-state index in [0.29, 0.717) is 11.3 Å². The topological polar surface area (TPSA) is 44.8 Å². The maximum Gasteiger partial charge on any atom is 0.255 e. The molecule has 2 atom stereocenters. The predicted octanol–water partition coefficient (Wildman–Crippen LogP) is 4.43. The molecule has 0 bridgehead atoms. The fourth-order valence-electron chi connectivity index (χ4n) is 4.44. The van der Waals surface area contributed by atoms with E-state index in [1.165, 1.54) is 10.4 Å². The summed E-state index contributed by atoms with van der Waals surface area (Å²) in [6, 6.07) is 22.4. The van der Waals surface area contributed by atoms with Gasteiger partial charge in [0.25, 0.3) is 5.91 Å². The van der Waals surface area contributed by atoms with Crippen LogP contribution in [0.4, 0.5) is 0 Å². The lowest BCUT2D eigenvalue weighted by atomic mass is 10.0. The Balaban J connectivity index is 1.43. The smallest absolute Gasteiger partial charge is 0.255 e. The van der Waals surface area contributed by atoms with Crippen LogP contribution in [-0.2, 0) is 6.54 Å². The van der Waals surface area contributed by atoms with E-state index in [0.717, 1.165) is 32.7 Å². The van der Waals surface area contributed by atoms with Crippen LogP contribution in [0.2, 0.25) is 0 Å². The molecule has 2 unspecified atom stereocenters. The molecule has 2 heterocycles. The van der Waals surface area contributed by atoms with E-state index in [1.54, 1.807) is 18.4 Å². The van der Waals surface area contributed by atoms with Gasteiger partial charge in [-0.2, -0.15) is 0 Å². The molecule has 2 aromatic carbocycles. The molecule has 0 aliphatic carbocycles. The third kappa shape index (κ3) is 5.38. The molecule has 1 aliphatic heterocycles. The molecule has 32 heavy (non-hydrogen) atoms. The first-order valence-corrected chi connectivity index (χ1v) is 12.0. The summed E-state index contributed by atoms with van der Waals surface area (Å²) in [7, 11) is 1.60. The third-order valence-electron chi connectivity index (χ3n) is 6.07. The van der Waals surface area contributed by atoms with Crippen LogP contribution in [0, 0.1) is 0 Å². The Morgan fingerprint density at radius 1 is 1.00 bits per heavy atom.